The number of anilines is 4. The normalized spacial score (nSPS) is 10.9. The van der Waals surface area contributed by atoms with Crippen LogP contribution in [0.15, 0.2) is 22.4 Å². The van der Waals surface area contributed by atoms with Gasteiger partial charge in [0, 0.05) is 12.1 Å². The van der Waals surface area contributed by atoms with Crippen molar-refractivity contribution in [3.05, 3.63) is 23.8 Å². The summed E-state index contributed by atoms with van der Waals surface area (Å²) < 4.78 is 1.39. The topological polar surface area (TPSA) is 212 Å². The maximum atomic E-state index is 6.04. The highest BCUT2D eigenvalue weighted by molar-refractivity contribution is 7.98. The first-order valence-electron chi connectivity index (χ1n) is 7.14. The zero-order valence-corrected chi connectivity index (χ0v) is 15.0. The Morgan fingerprint density at radius 2 is 1.04 bits per heavy atom. The number of hydrogen-bond donors (Lipinski definition) is 5. The molecule has 0 unspecified atom stereocenters. The van der Waals surface area contributed by atoms with Crippen molar-refractivity contribution >= 4 is 46.8 Å². The Bertz CT molecular complexity index is 813. The number of nitrogens with two attached hydrogens (primary N) is 5. The van der Waals surface area contributed by atoms with Crippen molar-refractivity contribution in [2.24, 2.45) is 0 Å². The Morgan fingerprint density at radius 3 is 1.38 bits per heavy atom. The summed E-state index contributed by atoms with van der Waals surface area (Å²) in [6.07, 6.45) is 0. The van der Waals surface area contributed by atoms with Gasteiger partial charge in [-0.25, -0.2) is 24.6 Å². The lowest BCUT2D eigenvalue weighted by Crippen LogP contribution is -2.15. The summed E-state index contributed by atoms with van der Waals surface area (Å²) >= 11 is 2.60. The number of nitrogens with zero attached hydrogens (tertiary/aromatic N) is 7. The Labute approximate surface area is 156 Å². The molecule has 3 aromatic heterocycles. The first-order chi connectivity index (χ1) is 12.4. The van der Waals surface area contributed by atoms with Crippen molar-refractivity contribution < 1.29 is 0 Å². The molecule has 0 bridgehead atoms. The molecular formula is C12H16N12S2. The maximum Gasteiger partial charge on any atom is 0.191 e. The molecular weight excluding hydrogens is 376 g/mol. The van der Waals surface area contributed by atoms with Gasteiger partial charge in [-0.15, -0.1) is 10.2 Å². The van der Waals surface area contributed by atoms with Gasteiger partial charge in [0.1, 0.15) is 23.3 Å². The average Bonchev–Trinajstić information content (AvgIpc) is 2.89. The molecule has 0 saturated heterocycles. The van der Waals surface area contributed by atoms with Gasteiger partial charge in [-0.1, -0.05) is 23.5 Å². The van der Waals surface area contributed by atoms with Gasteiger partial charge in [-0.3, -0.25) is 0 Å². The fraction of sp³-hybridized carbons (Fsp3) is 0.167. The van der Waals surface area contributed by atoms with E-state index in [4.69, 9.17) is 28.8 Å². The van der Waals surface area contributed by atoms with E-state index in [2.05, 4.69) is 30.1 Å². The van der Waals surface area contributed by atoms with E-state index in [1.807, 2.05) is 0 Å². The third-order valence-electron chi connectivity index (χ3n) is 2.99. The minimum atomic E-state index is 0.299. The summed E-state index contributed by atoms with van der Waals surface area (Å²) in [7, 11) is 0. The molecule has 0 atom stereocenters. The Kier molecular flexibility index (Phi) is 5.13. The minimum absolute atomic E-state index is 0.299. The smallest absolute Gasteiger partial charge is 0.191 e. The van der Waals surface area contributed by atoms with Crippen LogP contribution in [0.1, 0.15) is 11.6 Å². The van der Waals surface area contributed by atoms with Crippen LogP contribution < -0.4 is 28.8 Å². The van der Waals surface area contributed by atoms with Gasteiger partial charge in [-0.2, -0.15) is 0 Å². The molecule has 0 saturated carbocycles. The first kappa shape index (κ1) is 17.8. The van der Waals surface area contributed by atoms with Crippen molar-refractivity contribution in [1.82, 2.24) is 34.8 Å². The molecule has 3 heterocycles. The van der Waals surface area contributed by atoms with E-state index in [0.29, 0.717) is 56.7 Å². The second-order valence-corrected chi connectivity index (χ2v) is 6.87. The van der Waals surface area contributed by atoms with Gasteiger partial charge < -0.3 is 28.8 Å². The van der Waals surface area contributed by atoms with Crippen molar-refractivity contribution in [3.8, 4) is 0 Å². The number of thioether (sulfide) groups is 2. The van der Waals surface area contributed by atoms with Gasteiger partial charge in [-0.05, 0) is 0 Å². The van der Waals surface area contributed by atoms with Gasteiger partial charge in [0.25, 0.3) is 0 Å². The van der Waals surface area contributed by atoms with E-state index in [9.17, 15) is 0 Å². The fourth-order valence-corrected chi connectivity index (χ4v) is 3.46. The van der Waals surface area contributed by atoms with Crippen LogP contribution in [0.2, 0.25) is 0 Å². The SMILES string of the molecule is Nc1cc(N)nc(SCc2nnc(CSc3nc(N)cc(N)n3)n2N)n1. The molecule has 12 nitrogen and oxygen atoms in total. The van der Waals surface area contributed by atoms with Crippen molar-refractivity contribution in [3.63, 3.8) is 0 Å². The van der Waals surface area contributed by atoms with Crippen LogP contribution in [0.4, 0.5) is 23.3 Å². The minimum Gasteiger partial charge on any atom is -0.383 e. The second-order valence-electron chi connectivity index (χ2n) is 4.98. The number of hydrogen-bond acceptors (Lipinski definition) is 13. The highest BCUT2D eigenvalue weighted by atomic mass is 32.2. The van der Waals surface area contributed by atoms with Crippen molar-refractivity contribution in [2.45, 2.75) is 21.8 Å². The van der Waals surface area contributed by atoms with Gasteiger partial charge in [0.15, 0.2) is 22.0 Å². The molecule has 0 amide bonds. The standard InChI is InChI=1S/C12H16N12S2/c13-5-1-6(14)19-11(18-5)25-3-9-22-23-10(24(9)17)4-26-12-20-7(15)2-8(16)21-12/h1-2H,3-4,17H2,(H4,13,14,18,19)(H4,15,16,20,21). The van der Waals surface area contributed by atoms with Crippen LogP contribution in [0, 0.1) is 0 Å². The molecule has 0 aliphatic rings. The average molecular weight is 392 g/mol. The van der Waals surface area contributed by atoms with Crippen LogP contribution in [0.5, 0.6) is 0 Å². The van der Waals surface area contributed by atoms with Gasteiger partial charge in [0.05, 0.1) is 11.5 Å². The van der Waals surface area contributed by atoms with Crippen LogP contribution >= 0.6 is 23.5 Å². The molecule has 0 aliphatic carbocycles. The molecule has 10 N–H and O–H groups in total. The summed E-state index contributed by atoms with van der Waals surface area (Å²) in [5.74, 6) is 9.12. The fourth-order valence-electron chi connectivity index (χ4n) is 1.87. The number of aromatic nitrogens is 7. The molecule has 0 aliphatic heterocycles. The Hall–Kier alpha value is -3.00. The molecule has 3 rings (SSSR count). The van der Waals surface area contributed by atoms with E-state index >= 15 is 0 Å². The zero-order chi connectivity index (χ0) is 18.7. The summed E-state index contributed by atoms with van der Waals surface area (Å²) in [5, 5.41) is 9.01. The van der Waals surface area contributed by atoms with Crippen molar-refractivity contribution in [2.75, 3.05) is 28.8 Å². The third kappa shape index (κ3) is 4.34. The largest absolute Gasteiger partial charge is 0.383 e. The lowest BCUT2D eigenvalue weighted by atomic mass is 10.5. The second kappa shape index (κ2) is 7.49. The van der Waals surface area contributed by atoms with Crippen LogP contribution in [0.25, 0.3) is 0 Å². The highest BCUT2D eigenvalue weighted by Gasteiger charge is 2.13. The molecule has 3 aromatic rings. The van der Waals surface area contributed by atoms with E-state index < -0.39 is 0 Å². The van der Waals surface area contributed by atoms with Crippen LogP contribution in [0.3, 0.4) is 0 Å². The molecule has 136 valence electrons. The Balaban J connectivity index is 1.64. The maximum absolute atomic E-state index is 6.04. The third-order valence-corrected chi connectivity index (χ3v) is 4.67. The summed E-state index contributed by atoms with van der Waals surface area (Å²) in [4.78, 5) is 16.3. The van der Waals surface area contributed by atoms with E-state index in [0.717, 1.165) is 0 Å². The molecule has 0 spiro atoms. The lowest BCUT2D eigenvalue weighted by molar-refractivity contribution is 0.870. The van der Waals surface area contributed by atoms with Gasteiger partial charge in [0.2, 0.25) is 0 Å². The number of rotatable bonds is 6. The molecule has 14 heteroatoms. The summed E-state index contributed by atoms with van der Waals surface area (Å²) in [6.45, 7) is 0. The molecule has 26 heavy (non-hydrogen) atoms. The molecule has 0 radical (unpaired) electrons. The van der Waals surface area contributed by atoms with E-state index in [1.165, 1.54) is 40.3 Å². The zero-order valence-electron chi connectivity index (χ0n) is 13.4. The molecule has 0 aromatic carbocycles. The van der Waals surface area contributed by atoms with Gasteiger partial charge >= 0.3 is 0 Å². The van der Waals surface area contributed by atoms with Crippen molar-refractivity contribution in [1.29, 1.82) is 0 Å². The Morgan fingerprint density at radius 1 is 0.692 bits per heavy atom. The van der Waals surface area contributed by atoms with Crippen LogP contribution in [-0.4, -0.2) is 34.8 Å². The van der Waals surface area contributed by atoms with E-state index in [1.54, 1.807) is 0 Å². The number of nitrogen functional groups attached to an aromatic ring is 5. The highest BCUT2D eigenvalue weighted by Crippen LogP contribution is 2.23. The van der Waals surface area contributed by atoms with Crippen LogP contribution in [-0.2, 0) is 11.5 Å². The monoisotopic (exact) mass is 392 g/mol. The summed E-state index contributed by atoms with van der Waals surface area (Å²) in [6, 6.07) is 2.96. The molecule has 0 fully saturated rings. The predicted octanol–water partition coefficient (Wildman–Crippen LogP) is -0.515. The summed E-state index contributed by atoms with van der Waals surface area (Å²) in [5.41, 5.74) is 22.6. The van der Waals surface area contributed by atoms with E-state index in [-0.39, 0.29) is 0 Å². The predicted molar refractivity (Wildman–Crippen MR) is 101 cm³/mol. The first-order valence-corrected chi connectivity index (χ1v) is 9.11. The quantitative estimate of drug-likeness (QED) is 0.203. The lowest BCUT2D eigenvalue weighted by Gasteiger charge is -2.05.